The number of rotatable bonds is 2. The summed E-state index contributed by atoms with van der Waals surface area (Å²) in [6, 6.07) is 5.57. The number of hydrogen-bond acceptors (Lipinski definition) is 5. The molecular weight excluding hydrogens is 234 g/mol. The van der Waals surface area contributed by atoms with Gasteiger partial charge in [-0.25, -0.2) is 4.79 Å². The lowest BCUT2D eigenvalue weighted by Gasteiger charge is -2.24. The molecule has 0 bridgehead atoms. The van der Waals surface area contributed by atoms with Crippen molar-refractivity contribution in [3.8, 4) is 11.5 Å². The summed E-state index contributed by atoms with van der Waals surface area (Å²) in [7, 11) is 1.43. The molecule has 2 aliphatic rings. The Kier molecular flexibility index (Phi) is 2.74. The minimum absolute atomic E-state index is 0.176. The molecule has 96 valence electrons. The molecule has 1 saturated heterocycles. The molecule has 2 aliphatic heterocycles. The quantitative estimate of drug-likeness (QED) is 0.744. The monoisotopic (exact) mass is 249 g/mol. The van der Waals surface area contributed by atoms with Crippen molar-refractivity contribution in [3.63, 3.8) is 0 Å². The molecule has 0 aromatic heterocycles. The van der Waals surface area contributed by atoms with E-state index in [1.807, 2.05) is 18.2 Å². The number of ether oxygens (including phenoxy) is 3. The molecule has 0 radical (unpaired) electrons. The zero-order valence-corrected chi connectivity index (χ0v) is 10.2. The molecule has 2 heterocycles. The van der Waals surface area contributed by atoms with Crippen LogP contribution in [0.4, 0.5) is 5.69 Å². The van der Waals surface area contributed by atoms with E-state index in [1.165, 1.54) is 7.11 Å². The smallest absolute Gasteiger partial charge is 0.328 e. The number of anilines is 1. The average Bonchev–Trinajstić information content (AvgIpc) is 3.05. The number of carbonyl (C=O) groups is 1. The molecule has 18 heavy (non-hydrogen) atoms. The maximum atomic E-state index is 11.7. The van der Waals surface area contributed by atoms with E-state index in [1.54, 1.807) is 0 Å². The second kappa shape index (κ2) is 4.40. The zero-order valence-electron chi connectivity index (χ0n) is 10.2. The van der Waals surface area contributed by atoms with Crippen LogP contribution in [0.5, 0.6) is 11.5 Å². The molecule has 0 amide bonds. The van der Waals surface area contributed by atoms with Crippen LogP contribution in [0.2, 0.25) is 0 Å². The van der Waals surface area contributed by atoms with Gasteiger partial charge in [0, 0.05) is 18.3 Å². The molecule has 1 aromatic carbocycles. The molecule has 1 fully saturated rings. The second-order valence-corrected chi connectivity index (χ2v) is 4.41. The van der Waals surface area contributed by atoms with Crippen LogP contribution >= 0.6 is 0 Å². The fraction of sp³-hybridized carbons (Fsp3) is 0.462. The third-order valence-corrected chi connectivity index (χ3v) is 3.41. The first-order valence-corrected chi connectivity index (χ1v) is 6.04. The van der Waals surface area contributed by atoms with Crippen LogP contribution in [-0.4, -0.2) is 32.5 Å². The second-order valence-electron chi connectivity index (χ2n) is 4.41. The Hall–Kier alpha value is -1.91. The molecule has 0 N–H and O–H groups in total. The van der Waals surface area contributed by atoms with Crippen LogP contribution in [-0.2, 0) is 9.53 Å². The fourth-order valence-corrected chi connectivity index (χ4v) is 2.52. The number of esters is 1. The van der Waals surface area contributed by atoms with E-state index in [0.29, 0.717) is 0 Å². The Bertz CT molecular complexity index is 474. The number of fused-ring (bicyclic) bond motifs is 1. The number of hydrogen-bond donors (Lipinski definition) is 0. The Morgan fingerprint density at radius 3 is 3.06 bits per heavy atom. The van der Waals surface area contributed by atoms with E-state index in [4.69, 9.17) is 14.2 Å². The standard InChI is InChI=1S/C13H15NO4/c1-16-13(15)10-3-2-6-14(10)9-4-5-11-12(7-9)18-8-17-11/h4-5,7,10H,2-3,6,8H2,1H3/t10-/m0/s1. The van der Waals surface area contributed by atoms with Gasteiger partial charge in [0.15, 0.2) is 11.5 Å². The average molecular weight is 249 g/mol. The van der Waals surface area contributed by atoms with Crippen molar-refractivity contribution >= 4 is 11.7 Å². The van der Waals surface area contributed by atoms with Crippen molar-refractivity contribution in [1.82, 2.24) is 0 Å². The number of benzene rings is 1. The largest absolute Gasteiger partial charge is 0.467 e. The first-order chi connectivity index (χ1) is 8.79. The molecule has 0 aliphatic carbocycles. The molecular formula is C13H15NO4. The summed E-state index contributed by atoms with van der Waals surface area (Å²) in [5, 5.41) is 0. The molecule has 0 spiro atoms. The number of nitrogens with zero attached hydrogens (tertiary/aromatic N) is 1. The Morgan fingerprint density at radius 2 is 2.22 bits per heavy atom. The van der Waals surface area contributed by atoms with Gasteiger partial charge in [-0.05, 0) is 25.0 Å². The Labute approximate surface area is 105 Å². The van der Waals surface area contributed by atoms with Gasteiger partial charge in [-0.15, -0.1) is 0 Å². The normalized spacial score (nSPS) is 21.2. The predicted molar refractivity (Wildman–Crippen MR) is 64.9 cm³/mol. The van der Waals surface area contributed by atoms with Gasteiger partial charge in [0.25, 0.3) is 0 Å². The van der Waals surface area contributed by atoms with Gasteiger partial charge in [-0.2, -0.15) is 0 Å². The maximum Gasteiger partial charge on any atom is 0.328 e. The molecule has 5 heteroatoms. The maximum absolute atomic E-state index is 11.7. The summed E-state index contributed by atoms with van der Waals surface area (Å²) in [5.74, 6) is 1.32. The molecule has 0 saturated carbocycles. The van der Waals surface area contributed by atoms with Crippen molar-refractivity contribution in [1.29, 1.82) is 0 Å². The highest BCUT2D eigenvalue weighted by atomic mass is 16.7. The third kappa shape index (κ3) is 1.75. The Balaban J connectivity index is 1.87. The van der Waals surface area contributed by atoms with Gasteiger partial charge in [0.2, 0.25) is 6.79 Å². The summed E-state index contributed by atoms with van der Waals surface area (Å²) in [6.45, 7) is 1.12. The van der Waals surface area contributed by atoms with Crippen LogP contribution in [0.1, 0.15) is 12.8 Å². The van der Waals surface area contributed by atoms with Crippen molar-refractivity contribution in [3.05, 3.63) is 18.2 Å². The van der Waals surface area contributed by atoms with Crippen molar-refractivity contribution in [2.24, 2.45) is 0 Å². The van der Waals surface area contributed by atoms with Crippen molar-refractivity contribution in [2.45, 2.75) is 18.9 Å². The lowest BCUT2D eigenvalue weighted by atomic mass is 10.2. The number of methoxy groups -OCH3 is 1. The van der Waals surface area contributed by atoms with E-state index in [9.17, 15) is 4.79 Å². The molecule has 3 rings (SSSR count). The summed E-state index contributed by atoms with van der Waals surface area (Å²) in [6.07, 6.45) is 1.83. The van der Waals surface area contributed by atoms with Gasteiger partial charge in [-0.1, -0.05) is 0 Å². The van der Waals surface area contributed by atoms with Gasteiger partial charge in [0.05, 0.1) is 7.11 Å². The zero-order chi connectivity index (χ0) is 12.5. The van der Waals surface area contributed by atoms with Crippen molar-refractivity contribution < 1.29 is 19.0 Å². The molecule has 0 unspecified atom stereocenters. The Morgan fingerprint density at radius 1 is 1.39 bits per heavy atom. The van der Waals surface area contributed by atoms with Crippen LogP contribution in [0.15, 0.2) is 18.2 Å². The highest BCUT2D eigenvalue weighted by molar-refractivity contribution is 5.81. The molecule has 5 nitrogen and oxygen atoms in total. The lowest BCUT2D eigenvalue weighted by molar-refractivity contribution is -0.141. The van der Waals surface area contributed by atoms with Gasteiger partial charge < -0.3 is 19.1 Å². The summed E-state index contributed by atoms with van der Waals surface area (Å²) in [5.41, 5.74) is 0.979. The summed E-state index contributed by atoms with van der Waals surface area (Å²) >= 11 is 0. The van der Waals surface area contributed by atoms with Gasteiger partial charge >= 0.3 is 5.97 Å². The fourth-order valence-electron chi connectivity index (χ4n) is 2.52. The van der Waals surface area contributed by atoms with Gasteiger partial charge in [0.1, 0.15) is 6.04 Å². The van der Waals surface area contributed by atoms with E-state index >= 15 is 0 Å². The first kappa shape index (κ1) is 11.2. The highest BCUT2D eigenvalue weighted by Gasteiger charge is 2.32. The topological polar surface area (TPSA) is 48.0 Å². The minimum atomic E-state index is -0.185. The highest BCUT2D eigenvalue weighted by Crippen LogP contribution is 2.37. The SMILES string of the molecule is COC(=O)[C@@H]1CCCN1c1ccc2c(c1)OCO2. The van der Waals surface area contributed by atoms with E-state index in [0.717, 1.165) is 36.6 Å². The summed E-state index contributed by atoms with van der Waals surface area (Å²) < 4.78 is 15.5. The van der Waals surface area contributed by atoms with Crippen LogP contribution in [0.3, 0.4) is 0 Å². The molecule has 1 atom stereocenters. The minimum Gasteiger partial charge on any atom is -0.467 e. The van der Waals surface area contributed by atoms with Crippen LogP contribution < -0.4 is 14.4 Å². The van der Waals surface area contributed by atoms with Crippen LogP contribution in [0.25, 0.3) is 0 Å². The van der Waals surface area contributed by atoms with E-state index in [2.05, 4.69) is 4.90 Å². The third-order valence-electron chi connectivity index (χ3n) is 3.41. The predicted octanol–water partition coefficient (Wildman–Crippen LogP) is 1.56. The van der Waals surface area contributed by atoms with Crippen molar-refractivity contribution in [2.75, 3.05) is 25.3 Å². The lowest BCUT2D eigenvalue weighted by Crippen LogP contribution is -2.36. The summed E-state index contributed by atoms with van der Waals surface area (Å²) in [4.78, 5) is 13.8. The van der Waals surface area contributed by atoms with E-state index < -0.39 is 0 Å². The number of carbonyl (C=O) groups excluding carboxylic acids is 1. The van der Waals surface area contributed by atoms with Crippen LogP contribution in [0, 0.1) is 0 Å². The van der Waals surface area contributed by atoms with E-state index in [-0.39, 0.29) is 18.8 Å². The first-order valence-electron chi connectivity index (χ1n) is 6.04. The molecule has 1 aromatic rings. The van der Waals surface area contributed by atoms with Gasteiger partial charge in [-0.3, -0.25) is 0 Å².